The average molecular weight is 400 g/mol. The number of aromatic nitrogens is 4. The minimum atomic E-state index is -0.0324. The molecule has 31 heavy (non-hydrogen) atoms. The normalized spacial score (nSPS) is 11.4. The lowest BCUT2D eigenvalue weighted by atomic mass is 10.0. The molecule has 0 aliphatic carbocycles. The van der Waals surface area contributed by atoms with Gasteiger partial charge in [-0.1, -0.05) is 60.7 Å². The summed E-state index contributed by atoms with van der Waals surface area (Å²) < 4.78 is 1.93. The van der Waals surface area contributed by atoms with Gasteiger partial charge >= 0.3 is 0 Å². The molecule has 6 rings (SSSR count). The third kappa shape index (κ3) is 2.95. The van der Waals surface area contributed by atoms with Gasteiger partial charge in [-0.05, 0) is 41.5 Å². The highest BCUT2D eigenvalue weighted by molar-refractivity contribution is 6.10. The number of carbonyl (C=O) groups is 1. The first kappa shape index (κ1) is 17.5. The maximum absolute atomic E-state index is 12.8. The largest absolute Gasteiger partial charge is 0.289 e. The maximum atomic E-state index is 12.8. The summed E-state index contributed by atoms with van der Waals surface area (Å²) in [5.41, 5.74) is 6.88. The second-order valence-electron chi connectivity index (χ2n) is 7.39. The van der Waals surface area contributed by atoms with Gasteiger partial charge in [0.15, 0.2) is 17.1 Å². The van der Waals surface area contributed by atoms with Crippen LogP contribution in [0.15, 0.2) is 97.2 Å². The molecule has 0 unspecified atom stereocenters. The fourth-order valence-corrected chi connectivity index (χ4v) is 3.84. The predicted octanol–water partition coefficient (Wildman–Crippen LogP) is 5.33. The van der Waals surface area contributed by atoms with Crippen LogP contribution in [-0.4, -0.2) is 25.1 Å². The van der Waals surface area contributed by atoms with Crippen LogP contribution >= 0.6 is 0 Å². The molecule has 0 fully saturated rings. The first-order chi connectivity index (χ1) is 15.3. The molecule has 146 valence electrons. The standard InChI is InChI=1S/C26H16N4O/c31-24(18-9-5-2-6-10-18)20-11-12-21-22(15-20)28-26-25(27-21)29-23-16-19(13-14-30(23)26)17-7-3-1-4-8-17/h1-16H. The van der Waals surface area contributed by atoms with Crippen molar-refractivity contribution in [1.82, 2.24) is 19.4 Å². The lowest BCUT2D eigenvalue weighted by molar-refractivity contribution is 0.103. The van der Waals surface area contributed by atoms with E-state index < -0.39 is 0 Å². The fraction of sp³-hybridized carbons (Fsp3) is 0. The summed E-state index contributed by atoms with van der Waals surface area (Å²) in [6.07, 6.45) is 1.96. The lowest BCUT2D eigenvalue weighted by Gasteiger charge is -2.04. The second-order valence-corrected chi connectivity index (χ2v) is 7.39. The molecule has 0 bridgehead atoms. The molecule has 5 nitrogen and oxygen atoms in total. The Morgan fingerprint density at radius 1 is 0.645 bits per heavy atom. The Balaban J connectivity index is 1.49. The Kier molecular flexibility index (Phi) is 3.86. The highest BCUT2D eigenvalue weighted by atomic mass is 16.1. The second kappa shape index (κ2) is 6.85. The maximum Gasteiger partial charge on any atom is 0.198 e. The minimum Gasteiger partial charge on any atom is -0.289 e. The van der Waals surface area contributed by atoms with Gasteiger partial charge in [0.2, 0.25) is 0 Å². The van der Waals surface area contributed by atoms with Crippen LogP contribution in [0.25, 0.3) is 39.1 Å². The molecular weight excluding hydrogens is 384 g/mol. The van der Waals surface area contributed by atoms with E-state index in [1.165, 1.54) is 0 Å². The van der Waals surface area contributed by atoms with Gasteiger partial charge in [-0.2, -0.15) is 0 Å². The van der Waals surface area contributed by atoms with Gasteiger partial charge in [0.1, 0.15) is 5.65 Å². The van der Waals surface area contributed by atoms with Crippen LogP contribution in [0.3, 0.4) is 0 Å². The molecule has 0 saturated heterocycles. The topological polar surface area (TPSA) is 60.2 Å². The van der Waals surface area contributed by atoms with Gasteiger partial charge in [0.25, 0.3) is 0 Å². The van der Waals surface area contributed by atoms with Crippen molar-refractivity contribution in [3.8, 4) is 11.1 Å². The molecular formula is C26H16N4O. The first-order valence-electron chi connectivity index (χ1n) is 10.0. The van der Waals surface area contributed by atoms with Crippen molar-refractivity contribution in [3.05, 3.63) is 108 Å². The van der Waals surface area contributed by atoms with Crippen molar-refractivity contribution in [2.45, 2.75) is 0 Å². The summed E-state index contributed by atoms with van der Waals surface area (Å²) in [6.45, 7) is 0. The van der Waals surface area contributed by atoms with E-state index in [9.17, 15) is 4.79 Å². The molecule has 5 heteroatoms. The monoisotopic (exact) mass is 400 g/mol. The molecule has 0 spiro atoms. The summed E-state index contributed by atoms with van der Waals surface area (Å²) in [4.78, 5) is 27.0. The fourth-order valence-electron chi connectivity index (χ4n) is 3.84. The highest BCUT2D eigenvalue weighted by Crippen LogP contribution is 2.24. The Bertz CT molecular complexity index is 1590. The van der Waals surface area contributed by atoms with Gasteiger partial charge in [-0.25, -0.2) is 15.0 Å². The van der Waals surface area contributed by atoms with Crippen molar-refractivity contribution in [3.63, 3.8) is 0 Å². The van der Waals surface area contributed by atoms with Crippen molar-refractivity contribution in [1.29, 1.82) is 0 Å². The Morgan fingerprint density at radius 3 is 2.23 bits per heavy atom. The molecule has 6 aromatic rings. The van der Waals surface area contributed by atoms with Crippen LogP contribution < -0.4 is 0 Å². The van der Waals surface area contributed by atoms with E-state index in [0.29, 0.717) is 33.5 Å². The molecule has 3 aromatic heterocycles. The number of ketones is 1. The molecule has 0 N–H and O–H groups in total. The van der Waals surface area contributed by atoms with Gasteiger partial charge in [-0.15, -0.1) is 0 Å². The summed E-state index contributed by atoms with van der Waals surface area (Å²) in [6, 6.07) is 28.9. The molecule has 0 amide bonds. The van der Waals surface area contributed by atoms with E-state index in [-0.39, 0.29) is 5.78 Å². The molecule has 0 aliphatic heterocycles. The molecule has 0 saturated carbocycles. The van der Waals surface area contributed by atoms with Crippen molar-refractivity contribution in [2.24, 2.45) is 0 Å². The van der Waals surface area contributed by atoms with Crippen molar-refractivity contribution in [2.75, 3.05) is 0 Å². The minimum absolute atomic E-state index is 0.0324. The van der Waals surface area contributed by atoms with Crippen LogP contribution in [0.5, 0.6) is 0 Å². The number of nitrogens with zero attached hydrogens (tertiary/aromatic N) is 4. The number of benzene rings is 3. The first-order valence-corrected chi connectivity index (χ1v) is 10.0. The molecule has 3 heterocycles. The lowest BCUT2D eigenvalue weighted by Crippen LogP contribution is -2.01. The van der Waals surface area contributed by atoms with Gasteiger partial charge in [0, 0.05) is 17.3 Å². The summed E-state index contributed by atoms with van der Waals surface area (Å²) >= 11 is 0. The number of carbonyl (C=O) groups excluding carboxylic acids is 1. The van der Waals surface area contributed by atoms with E-state index in [4.69, 9.17) is 4.98 Å². The van der Waals surface area contributed by atoms with Crippen LogP contribution in [0.2, 0.25) is 0 Å². The van der Waals surface area contributed by atoms with Crippen LogP contribution in [0, 0.1) is 0 Å². The summed E-state index contributed by atoms with van der Waals surface area (Å²) in [5, 5.41) is 0. The Hall–Kier alpha value is -4.38. The number of rotatable bonds is 3. The zero-order valence-electron chi connectivity index (χ0n) is 16.4. The average Bonchev–Trinajstić information content (AvgIpc) is 3.19. The number of hydrogen-bond acceptors (Lipinski definition) is 4. The Morgan fingerprint density at radius 2 is 1.42 bits per heavy atom. The number of imidazole rings is 1. The van der Waals surface area contributed by atoms with E-state index in [1.54, 1.807) is 12.1 Å². The van der Waals surface area contributed by atoms with Gasteiger partial charge in [-0.3, -0.25) is 9.20 Å². The smallest absolute Gasteiger partial charge is 0.198 e. The molecule has 0 atom stereocenters. The SMILES string of the molecule is O=C(c1ccccc1)c1ccc2nc3nc4cc(-c5ccccc5)ccn4c3nc2c1. The third-order valence-electron chi connectivity index (χ3n) is 5.42. The number of hydrogen-bond donors (Lipinski definition) is 0. The number of fused-ring (bicyclic) bond motifs is 4. The highest BCUT2D eigenvalue weighted by Gasteiger charge is 2.13. The van der Waals surface area contributed by atoms with Crippen molar-refractivity contribution >= 4 is 33.8 Å². The zero-order chi connectivity index (χ0) is 20.8. The van der Waals surface area contributed by atoms with Gasteiger partial charge < -0.3 is 0 Å². The van der Waals surface area contributed by atoms with Crippen LogP contribution in [0.1, 0.15) is 15.9 Å². The van der Waals surface area contributed by atoms with E-state index in [0.717, 1.165) is 16.8 Å². The number of pyridine rings is 1. The van der Waals surface area contributed by atoms with E-state index in [1.807, 2.05) is 77.3 Å². The quantitative estimate of drug-likeness (QED) is 0.377. The zero-order valence-corrected chi connectivity index (χ0v) is 16.4. The third-order valence-corrected chi connectivity index (χ3v) is 5.42. The van der Waals surface area contributed by atoms with Crippen LogP contribution in [-0.2, 0) is 0 Å². The van der Waals surface area contributed by atoms with E-state index >= 15 is 0 Å². The van der Waals surface area contributed by atoms with Crippen LogP contribution in [0.4, 0.5) is 0 Å². The summed E-state index contributed by atoms with van der Waals surface area (Å²) in [7, 11) is 0. The molecule has 3 aromatic carbocycles. The summed E-state index contributed by atoms with van der Waals surface area (Å²) in [5.74, 6) is -0.0324. The molecule has 0 aliphatic rings. The molecule has 0 radical (unpaired) electrons. The van der Waals surface area contributed by atoms with Crippen molar-refractivity contribution < 1.29 is 4.79 Å². The van der Waals surface area contributed by atoms with Gasteiger partial charge in [0.05, 0.1) is 11.0 Å². The van der Waals surface area contributed by atoms with E-state index in [2.05, 4.69) is 22.1 Å². The Labute approximate surface area is 177 Å². The predicted molar refractivity (Wildman–Crippen MR) is 121 cm³/mol.